The topological polar surface area (TPSA) is 98.0 Å². The van der Waals surface area contributed by atoms with E-state index in [1.807, 2.05) is 24.3 Å². The number of aliphatic carboxylic acids is 1. The number of carboxylic acid groups (broad SMARTS) is 1. The Morgan fingerprint density at radius 2 is 1.81 bits per heavy atom. The van der Waals surface area contributed by atoms with Crippen LogP contribution in [0.25, 0.3) is 0 Å². The molecule has 1 saturated carbocycles. The molecule has 0 unspecified atom stereocenters. The fourth-order valence-corrected chi connectivity index (χ4v) is 3.29. The van der Waals surface area contributed by atoms with Crippen LogP contribution < -0.4 is 0 Å². The fourth-order valence-electron chi connectivity index (χ4n) is 3.29. The van der Waals surface area contributed by atoms with Crippen molar-refractivity contribution < 1.29 is 25.2 Å². The number of rotatable bonds is 12. The minimum absolute atomic E-state index is 0.0869. The molecule has 1 fully saturated rings. The van der Waals surface area contributed by atoms with Crippen LogP contribution in [0.1, 0.15) is 51.9 Å². The lowest BCUT2D eigenvalue weighted by Gasteiger charge is -2.19. The molecule has 1 rings (SSSR count). The summed E-state index contributed by atoms with van der Waals surface area (Å²) in [6, 6.07) is 0. The summed E-state index contributed by atoms with van der Waals surface area (Å²) in [4.78, 5) is 10.5. The van der Waals surface area contributed by atoms with Crippen molar-refractivity contribution >= 4 is 5.97 Å². The maximum atomic E-state index is 10.5. The van der Waals surface area contributed by atoms with E-state index in [1.54, 1.807) is 12.2 Å². The summed E-state index contributed by atoms with van der Waals surface area (Å²) in [6.45, 7) is 2.09. The summed E-state index contributed by atoms with van der Waals surface area (Å²) >= 11 is 0. The second-order valence-corrected chi connectivity index (χ2v) is 7.03. The molecule has 4 N–H and O–H groups in total. The first kappa shape index (κ1) is 23.3. The lowest BCUT2D eigenvalue weighted by molar-refractivity contribution is -0.136. The maximum Gasteiger partial charge on any atom is 0.303 e. The van der Waals surface area contributed by atoms with Crippen molar-refractivity contribution in [3.63, 3.8) is 0 Å². The van der Waals surface area contributed by atoms with Gasteiger partial charge in [0.15, 0.2) is 0 Å². The van der Waals surface area contributed by atoms with Crippen LogP contribution in [0.5, 0.6) is 0 Å². The Bertz CT molecular complexity index is 535. The highest BCUT2D eigenvalue weighted by Crippen LogP contribution is 2.36. The van der Waals surface area contributed by atoms with Crippen LogP contribution in [0.3, 0.4) is 0 Å². The third-order valence-corrected chi connectivity index (χ3v) is 4.79. The molecule has 0 aliphatic heterocycles. The van der Waals surface area contributed by atoms with Crippen molar-refractivity contribution in [2.24, 2.45) is 11.8 Å². The van der Waals surface area contributed by atoms with Gasteiger partial charge in [-0.25, -0.2) is 0 Å². The predicted octanol–water partition coefficient (Wildman–Crippen LogP) is 3.38. The summed E-state index contributed by atoms with van der Waals surface area (Å²) in [5.74, 6) is -1.17. The molecule has 0 radical (unpaired) electrons. The number of aliphatic hydroxyl groups is 3. The van der Waals surface area contributed by atoms with E-state index in [9.17, 15) is 20.1 Å². The molecule has 0 bridgehead atoms. The molecule has 0 heterocycles. The van der Waals surface area contributed by atoms with E-state index < -0.39 is 24.3 Å². The summed E-state index contributed by atoms with van der Waals surface area (Å²) in [6.07, 6.45) is 17.3. The Labute approximate surface area is 162 Å². The van der Waals surface area contributed by atoms with E-state index in [-0.39, 0.29) is 18.3 Å². The van der Waals surface area contributed by atoms with Gasteiger partial charge in [0.25, 0.3) is 0 Å². The zero-order chi connectivity index (χ0) is 20.1. The third-order valence-electron chi connectivity index (χ3n) is 4.79. The van der Waals surface area contributed by atoms with E-state index in [0.29, 0.717) is 25.7 Å². The molecule has 152 valence electrons. The van der Waals surface area contributed by atoms with E-state index >= 15 is 0 Å². The lowest BCUT2D eigenvalue weighted by Crippen LogP contribution is -2.20. The second-order valence-electron chi connectivity index (χ2n) is 7.03. The highest BCUT2D eigenvalue weighted by atomic mass is 16.4. The average Bonchev–Trinajstić information content (AvgIpc) is 2.88. The van der Waals surface area contributed by atoms with Crippen LogP contribution in [0.2, 0.25) is 0 Å². The van der Waals surface area contributed by atoms with Crippen LogP contribution in [0.4, 0.5) is 0 Å². The first-order valence-corrected chi connectivity index (χ1v) is 9.85. The van der Waals surface area contributed by atoms with E-state index in [4.69, 9.17) is 5.11 Å². The van der Waals surface area contributed by atoms with Crippen LogP contribution in [-0.4, -0.2) is 44.7 Å². The molecule has 5 atom stereocenters. The van der Waals surface area contributed by atoms with Gasteiger partial charge >= 0.3 is 5.97 Å². The molecule has 5 nitrogen and oxygen atoms in total. The van der Waals surface area contributed by atoms with E-state index in [1.165, 1.54) is 0 Å². The van der Waals surface area contributed by atoms with Gasteiger partial charge in [-0.15, -0.1) is 0 Å². The van der Waals surface area contributed by atoms with Gasteiger partial charge in [-0.2, -0.15) is 0 Å². The van der Waals surface area contributed by atoms with Crippen LogP contribution in [0, 0.1) is 11.8 Å². The van der Waals surface area contributed by atoms with Gasteiger partial charge in [-0.05, 0) is 38.0 Å². The Balaban J connectivity index is 2.49. The van der Waals surface area contributed by atoms with Gasteiger partial charge in [0.05, 0.1) is 18.3 Å². The Morgan fingerprint density at radius 3 is 2.52 bits per heavy atom. The zero-order valence-electron chi connectivity index (χ0n) is 16.2. The molecule has 27 heavy (non-hydrogen) atoms. The molecule has 0 aromatic rings. The second kappa shape index (κ2) is 13.5. The molecule has 1 aliphatic rings. The van der Waals surface area contributed by atoms with Crippen LogP contribution in [-0.2, 0) is 4.79 Å². The van der Waals surface area contributed by atoms with Crippen molar-refractivity contribution in [2.45, 2.75) is 70.2 Å². The number of carbonyl (C=O) groups is 1. The lowest BCUT2D eigenvalue weighted by atomic mass is 9.89. The largest absolute Gasteiger partial charge is 0.481 e. The summed E-state index contributed by atoms with van der Waals surface area (Å²) in [5, 5.41) is 39.1. The number of hydrogen-bond donors (Lipinski definition) is 4. The van der Waals surface area contributed by atoms with Gasteiger partial charge in [0.1, 0.15) is 0 Å². The van der Waals surface area contributed by atoms with Crippen LogP contribution in [0.15, 0.2) is 48.6 Å². The standard InChI is InChI=1S/C22H34O5/c1-2-3-4-5-6-8-11-17(23)14-15-19-18(20(24)16-21(19)25)12-9-7-10-13-22(26)27/h3-4,6-9,14-15,17-21,23-25H,2,5,10-13,16H2,1H3,(H,26,27)/b4-3-,8-6-,9-7-,15-14+/t17-,18+,19-,20-,21+/m1/s1. The first-order valence-electron chi connectivity index (χ1n) is 9.85. The molecule has 5 heteroatoms. The molecule has 0 saturated heterocycles. The van der Waals surface area contributed by atoms with Gasteiger partial charge in [0.2, 0.25) is 0 Å². The number of aliphatic hydroxyl groups excluding tert-OH is 3. The smallest absolute Gasteiger partial charge is 0.303 e. The quantitative estimate of drug-likeness (QED) is 0.390. The molecule has 0 aromatic heterocycles. The highest BCUT2D eigenvalue weighted by Gasteiger charge is 2.39. The van der Waals surface area contributed by atoms with Gasteiger partial charge in [-0.3, -0.25) is 4.79 Å². The fraction of sp³-hybridized carbons (Fsp3) is 0.591. The normalized spacial score (nSPS) is 27.6. The monoisotopic (exact) mass is 378 g/mol. The van der Waals surface area contributed by atoms with Crippen molar-refractivity contribution in [2.75, 3.05) is 0 Å². The number of allylic oxidation sites excluding steroid dienone is 5. The Morgan fingerprint density at radius 1 is 1.07 bits per heavy atom. The molecular formula is C22H34O5. The first-order chi connectivity index (χ1) is 13.0. The van der Waals surface area contributed by atoms with Gasteiger partial charge < -0.3 is 20.4 Å². The zero-order valence-corrected chi connectivity index (χ0v) is 16.2. The highest BCUT2D eigenvalue weighted by molar-refractivity contribution is 5.66. The van der Waals surface area contributed by atoms with Gasteiger partial charge in [-0.1, -0.05) is 55.5 Å². The minimum Gasteiger partial charge on any atom is -0.481 e. The molecule has 1 aliphatic carbocycles. The van der Waals surface area contributed by atoms with E-state index in [0.717, 1.165) is 12.8 Å². The maximum absolute atomic E-state index is 10.5. The van der Waals surface area contributed by atoms with Crippen LogP contribution >= 0.6 is 0 Å². The summed E-state index contributed by atoms with van der Waals surface area (Å²) < 4.78 is 0. The average molecular weight is 379 g/mol. The number of carboxylic acids is 1. The molecule has 0 spiro atoms. The Hall–Kier alpha value is -1.69. The summed E-state index contributed by atoms with van der Waals surface area (Å²) in [7, 11) is 0. The molecule has 0 aromatic carbocycles. The van der Waals surface area contributed by atoms with Gasteiger partial charge in [0, 0.05) is 18.8 Å². The summed E-state index contributed by atoms with van der Waals surface area (Å²) in [5.41, 5.74) is 0. The number of hydrogen-bond acceptors (Lipinski definition) is 4. The van der Waals surface area contributed by atoms with Crippen molar-refractivity contribution in [3.05, 3.63) is 48.6 Å². The SMILES string of the molecule is CC/C=C\C/C=C\C[C@@H](O)/C=C/[C@@H]1[C@H](C/C=C\CCC(=O)O)[C@H](O)C[C@@H]1O. The van der Waals surface area contributed by atoms with Crippen molar-refractivity contribution in [1.29, 1.82) is 0 Å². The van der Waals surface area contributed by atoms with Crippen molar-refractivity contribution in [1.82, 2.24) is 0 Å². The third kappa shape index (κ3) is 9.70. The molecule has 0 amide bonds. The minimum atomic E-state index is -0.832. The van der Waals surface area contributed by atoms with E-state index in [2.05, 4.69) is 19.1 Å². The molecular weight excluding hydrogens is 344 g/mol. The Kier molecular flexibility index (Phi) is 11.7. The predicted molar refractivity (Wildman–Crippen MR) is 107 cm³/mol. The van der Waals surface area contributed by atoms with Crippen molar-refractivity contribution in [3.8, 4) is 0 Å².